The van der Waals surface area contributed by atoms with E-state index in [9.17, 15) is 4.79 Å². The first-order valence-electron chi connectivity index (χ1n) is 7.30. The van der Waals surface area contributed by atoms with Crippen LogP contribution in [0.2, 0.25) is 0 Å². The smallest absolute Gasteiger partial charge is 0.255 e. The second-order valence-corrected chi connectivity index (χ2v) is 5.39. The molecule has 0 aliphatic heterocycles. The van der Waals surface area contributed by atoms with Gasteiger partial charge in [0.25, 0.3) is 5.91 Å². The molecule has 2 aromatic rings. The Labute approximate surface area is 130 Å². The number of carbonyl (C=O) groups excluding carboxylic acids is 1. The van der Waals surface area contributed by atoms with Gasteiger partial charge in [-0.25, -0.2) is 4.98 Å². The standard InChI is InChI=1S/C16H22N4O2/c1-13(10-20-7-6-18-12-20)8-19-9-14-2-4-15(5-3-14)22-11-16(17)21/h2-7,12-13,19H,8-11H2,1H3,(H2,17,21). The van der Waals surface area contributed by atoms with Crippen molar-refractivity contribution in [3.63, 3.8) is 0 Å². The number of nitrogens with zero attached hydrogens (tertiary/aromatic N) is 2. The molecule has 3 N–H and O–H groups in total. The van der Waals surface area contributed by atoms with E-state index in [1.165, 1.54) is 5.56 Å². The fraction of sp³-hybridized carbons (Fsp3) is 0.375. The van der Waals surface area contributed by atoms with Gasteiger partial charge in [-0.05, 0) is 30.2 Å². The molecule has 1 amide bonds. The van der Waals surface area contributed by atoms with Crippen LogP contribution < -0.4 is 15.8 Å². The molecular weight excluding hydrogens is 280 g/mol. The molecule has 0 bridgehead atoms. The van der Waals surface area contributed by atoms with Crippen molar-refractivity contribution in [3.8, 4) is 5.75 Å². The number of aromatic nitrogens is 2. The van der Waals surface area contributed by atoms with Crippen molar-refractivity contribution in [2.45, 2.75) is 20.0 Å². The summed E-state index contributed by atoms with van der Waals surface area (Å²) in [6.07, 6.45) is 5.60. The lowest BCUT2D eigenvalue weighted by Gasteiger charge is -2.13. The molecule has 0 aliphatic rings. The van der Waals surface area contributed by atoms with Crippen molar-refractivity contribution < 1.29 is 9.53 Å². The zero-order valence-corrected chi connectivity index (χ0v) is 12.7. The van der Waals surface area contributed by atoms with Gasteiger partial charge in [0.1, 0.15) is 5.75 Å². The number of nitrogens with two attached hydrogens (primary N) is 1. The van der Waals surface area contributed by atoms with E-state index in [1.54, 1.807) is 6.20 Å². The van der Waals surface area contributed by atoms with Gasteiger partial charge >= 0.3 is 0 Å². The van der Waals surface area contributed by atoms with Crippen molar-refractivity contribution in [1.82, 2.24) is 14.9 Å². The van der Waals surface area contributed by atoms with Crippen LogP contribution in [0.4, 0.5) is 0 Å². The summed E-state index contributed by atoms with van der Waals surface area (Å²) in [7, 11) is 0. The summed E-state index contributed by atoms with van der Waals surface area (Å²) in [5, 5.41) is 3.43. The van der Waals surface area contributed by atoms with Crippen LogP contribution in [0, 0.1) is 5.92 Å². The molecule has 2 rings (SSSR count). The van der Waals surface area contributed by atoms with Gasteiger partial charge in [0.05, 0.1) is 6.33 Å². The van der Waals surface area contributed by atoms with Crippen LogP contribution in [-0.4, -0.2) is 28.6 Å². The number of nitrogens with one attached hydrogen (secondary N) is 1. The molecule has 1 aromatic carbocycles. The molecule has 0 saturated heterocycles. The van der Waals surface area contributed by atoms with E-state index in [2.05, 4.69) is 21.8 Å². The zero-order valence-electron chi connectivity index (χ0n) is 12.7. The van der Waals surface area contributed by atoms with Crippen molar-refractivity contribution >= 4 is 5.91 Å². The van der Waals surface area contributed by atoms with Gasteiger partial charge in [-0.2, -0.15) is 0 Å². The molecule has 1 atom stereocenters. The van der Waals surface area contributed by atoms with Gasteiger partial charge in [-0.3, -0.25) is 4.79 Å². The Morgan fingerprint density at radius 2 is 2.18 bits per heavy atom. The van der Waals surface area contributed by atoms with Crippen LogP contribution in [0.3, 0.4) is 0 Å². The number of amides is 1. The molecule has 1 unspecified atom stereocenters. The third-order valence-electron chi connectivity index (χ3n) is 3.21. The summed E-state index contributed by atoms with van der Waals surface area (Å²) in [5.41, 5.74) is 6.20. The van der Waals surface area contributed by atoms with E-state index in [0.29, 0.717) is 11.7 Å². The maximum Gasteiger partial charge on any atom is 0.255 e. The Bertz CT molecular complexity index is 566. The van der Waals surface area contributed by atoms with Crippen molar-refractivity contribution in [2.24, 2.45) is 11.7 Å². The Morgan fingerprint density at radius 3 is 2.82 bits per heavy atom. The Hall–Kier alpha value is -2.34. The number of hydrogen-bond donors (Lipinski definition) is 2. The van der Waals surface area contributed by atoms with E-state index in [-0.39, 0.29) is 6.61 Å². The van der Waals surface area contributed by atoms with Crippen LogP contribution in [0.5, 0.6) is 5.75 Å². The maximum atomic E-state index is 10.6. The van der Waals surface area contributed by atoms with Gasteiger partial charge in [-0.1, -0.05) is 19.1 Å². The van der Waals surface area contributed by atoms with Crippen LogP contribution in [0.1, 0.15) is 12.5 Å². The highest BCUT2D eigenvalue weighted by molar-refractivity contribution is 5.75. The maximum absolute atomic E-state index is 10.6. The SMILES string of the molecule is CC(CNCc1ccc(OCC(N)=O)cc1)Cn1ccnc1. The number of primary amides is 1. The Kier molecular flexibility index (Phi) is 5.97. The summed E-state index contributed by atoms with van der Waals surface area (Å²) >= 11 is 0. The van der Waals surface area contributed by atoms with Crippen molar-refractivity contribution in [3.05, 3.63) is 48.5 Å². The number of rotatable bonds is 9. The second-order valence-electron chi connectivity index (χ2n) is 5.39. The van der Waals surface area contributed by atoms with Crippen LogP contribution in [0.15, 0.2) is 43.0 Å². The predicted octanol–water partition coefficient (Wildman–Crippen LogP) is 1.17. The molecule has 1 heterocycles. The molecule has 0 aliphatic carbocycles. The molecule has 6 heteroatoms. The van der Waals surface area contributed by atoms with E-state index >= 15 is 0 Å². The van der Waals surface area contributed by atoms with Crippen LogP contribution in [0.25, 0.3) is 0 Å². The predicted molar refractivity (Wildman–Crippen MR) is 84.2 cm³/mol. The fourth-order valence-electron chi connectivity index (χ4n) is 2.14. The normalized spacial score (nSPS) is 12.0. The minimum Gasteiger partial charge on any atom is -0.484 e. The van der Waals surface area contributed by atoms with E-state index in [0.717, 1.165) is 19.6 Å². The average molecular weight is 302 g/mol. The van der Waals surface area contributed by atoms with E-state index < -0.39 is 5.91 Å². The van der Waals surface area contributed by atoms with Gasteiger partial charge in [0.15, 0.2) is 6.61 Å². The van der Waals surface area contributed by atoms with Gasteiger partial charge in [-0.15, -0.1) is 0 Å². The monoisotopic (exact) mass is 302 g/mol. The quantitative estimate of drug-likeness (QED) is 0.728. The first kappa shape index (κ1) is 16.0. The van der Waals surface area contributed by atoms with Gasteiger partial charge in [0.2, 0.25) is 0 Å². The molecule has 0 radical (unpaired) electrons. The Morgan fingerprint density at radius 1 is 1.41 bits per heavy atom. The molecule has 0 spiro atoms. The average Bonchev–Trinajstić information content (AvgIpc) is 2.99. The van der Waals surface area contributed by atoms with Gasteiger partial charge < -0.3 is 20.4 Å². The van der Waals surface area contributed by atoms with Crippen LogP contribution >= 0.6 is 0 Å². The minimum absolute atomic E-state index is 0.0939. The lowest BCUT2D eigenvalue weighted by molar-refractivity contribution is -0.119. The molecule has 0 saturated carbocycles. The lowest BCUT2D eigenvalue weighted by Crippen LogP contribution is -2.23. The second kappa shape index (κ2) is 8.19. The first-order valence-corrected chi connectivity index (χ1v) is 7.30. The van der Waals surface area contributed by atoms with Crippen LogP contribution in [-0.2, 0) is 17.9 Å². The summed E-state index contributed by atoms with van der Waals surface area (Å²) in [5.74, 6) is 0.695. The number of hydrogen-bond acceptors (Lipinski definition) is 4. The topological polar surface area (TPSA) is 82.2 Å². The number of benzene rings is 1. The number of ether oxygens (including phenoxy) is 1. The largest absolute Gasteiger partial charge is 0.484 e. The van der Waals surface area contributed by atoms with Crippen molar-refractivity contribution in [1.29, 1.82) is 0 Å². The highest BCUT2D eigenvalue weighted by Crippen LogP contribution is 2.12. The highest BCUT2D eigenvalue weighted by Gasteiger charge is 2.03. The van der Waals surface area contributed by atoms with Gasteiger partial charge in [0, 0.05) is 25.5 Å². The van der Waals surface area contributed by atoms with E-state index in [1.807, 2.05) is 36.8 Å². The summed E-state index contributed by atoms with van der Waals surface area (Å²) in [6.45, 7) is 4.78. The minimum atomic E-state index is -0.474. The third kappa shape index (κ3) is 5.57. The molecule has 0 fully saturated rings. The lowest BCUT2D eigenvalue weighted by atomic mass is 10.1. The summed E-state index contributed by atoms with van der Waals surface area (Å²) in [4.78, 5) is 14.7. The Balaban J connectivity index is 1.69. The van der Waals surface area contributed by atoms with Crippen molar-refractivity contribution in [2.75, 3.05) is 13.2 Å². The molecule has 22 heavy (non-hydrogen) atoms. The molecule has 1 aromatic heterocycles. The zero-order chi connectivity index (χ0) is 15.8. The first-order chi connectivity index (χ1) is 10.6. The van der Waals surface area contributed by atoms with E-state index in [4.69, 9.17) is 10.5 Å². The molecule has 118 valence electrons. The molecule has 6 nitrogen and oxygen atoms in total. The number of carbonyl (C=O) groups is 1. The summed E-state index contributed by atoms with van der Waals surface area (Å²) in [6, 6.07) is 7.64. The number of imidazole rings is 1. The molecular formula is C16H22N4O2. The summed E-state index contributed by atoms with van der Waals surface area (Å²) < 4.78 is 7.30. The third-order valence-corrected chi connectivity index (χ3v) is 3.21. The highest BCUT2D eigenvalue weighted by atomic mass is 16.5. The fourth-order valence-corrected chi connectivity index (χ4v) is 2.14.